The molecule has 166 valence electrons. The molecule has 1 amide bonds. The number of ether oxygens (including phenoxy) is 5. The van der Waals surface area contributed by atoms with Crippen LogP contribution in [0.1, 0.15) is 27.7 Å². The molecule has 5 atom stereocenters. The molecule has 1 fully saturated rings. The maximum Gasteiger partial charge on any atom is 0.305 e. The van der Waals surface area contributed by atoms with Crippen molar-refractivity contribution >= 4 is 29.8 Å². The maximum atomic E-state index is 12.1. The van der Waals surface area contributed by atoms with E-state index in [9.17, 15) is 24.0 Å². The molecule has 14 nitrogen and oxygen atoms in total. The average Bonchev–Trinajstić information content (AvgIpc) is 2.62. The van der Waals surface area contributed by atoms with Gasteiger partial charge in [0.05, 0.1) is 0 Å². The third-order valence-corrected chi connectivity index (χ3v) is 3.59. The van der Waals surface area contributed by atoms with Crippen LogP contribution in [0.25, 0.3) is 10.4 Å². The van der Waals surface area contributed by atoms with Crippen molar-refractivity contribution in [2.75, 3.05) is 13.2 Å². The summed E-state index contributed by atoms with van der Waals surface area (Å²) < 4.78 is 25.9. The first-order valence-electron chi connectivity index (χ1n) is 8.65. The second-order valence-corrected chi connectivity index (χ2v) is 6.09. The second-order valence-electron chi connectivity index (χ2n) is 6.09. The minimum atomic E-state index is -1.51. The minimum Gasteiger partial charge on any atom is -0.463 e. The topological polar surface area (TPSA) is 192 Å². The van der Waals surface area contributed by atoms with E-state index in [2.05, 4.69) is 15.3 Å². The highest BCUT2D eigenvalue weighted by Gasteiger charge is 2.52. The number of amides is 1. The summed E-state index contributed by atoms with van der Waals surface area (Å²) in [5, 5.41) is 5.48. The molecule has 1 N–H and O–H groups in total. The molecule has 1 saturated heterocycles. The molecule has 14 heteroatoms. The fourth-order valence-electron chi connectivity index (χ4n) is 2.65. The van der Waals surface area contributed by atoms with Gasteiger partial charge in [0.2, 0.25) is 12.2 Å². The Morgan fingerprint density at radius 3 is 2.00 bits per heavy atom. The number of hydrogen-bond acceptors (Lipinski definition) is 11. The third-order valence-electron chi connectivity index (χ3n) is 3.59. The fourth-order valence-corrected chi connectivity index (χ4v) is 2.65. The van der Waals surface area contributed by atoms with Gasteiger partial charge in [0, 0.05) is 32.6 Å². The van der Waals surface area contributed by atoms with Crippen molar-refractivity contribution in [3.8, 4) is 0 Å². The number of azide groups is 1. The number of rotatable bonds is 8. The van der Waals surface area contributed by atoms with Gasteiger partial charge in [-0.1, -0.05) is 5.11 Å². The largest absolute Gasteiger partial charge is 0.463 e. The SMILES string of the molecule is CC(=O)OC[C@H]1O[C@H](OC(C)=O)[C@H](NC(=O)CN=[N+]=[N-])[C@@H](OC(C)=O)[C@@H]1OC(C)=O. The van der Waals surface area contributed by atoms with E-state index in [1.165, 1.54) is 0 Å². The molecule has 0 aliphatic carbocycles. The Bertz CT molecular complexity index is 736. The quantitative estimate of drug-likeness (QED) is 0.172. The van der Waals surface area contributed by atoms with Crippen molar-refractivity contribution in [3.05, 3.63) is 10.4 Å². The Morgan fingerprint density at radius 1 is 0.933 bits per heavy atom. The zero-order valence-corrected chi connectivity index (χ0v) is 16.7. The molecule has 0 aromatic carbocycles. The number of hydrogen-bond donors (Lipinski definition) is 1. The molecule has 1 aliphatic rings. The summed E-state index contributed by atoms with van der Waals surface area (Å²) in [5.74, 6) is -3.86. The van der Waals surface area contributed by atoms with E-state index in [0.29, 0.717) is 0 Å². The first kappa shape index (κ1) is 24.7. The highest BCUT2D eigenvalue weighted by atomic mass is 16.7. The van der Waals surface area contributed by atoms with Gasteiger partial charge in [-0.2, -0.15) is 0 Å². The summed E-state index contributed by atoms with van der Waals surface area (Å²) in [4.78, 5) is 60.5. The average molecular weight is 430 g/mol. The first-order chi connectivity index (χ1) is 14.0. The minimum absolute atomic E-state index is 0.428. The van der Waals surface area contributed by atoms with Gasteiger partial charge in [-0.15, -0.1) is 0 Å². The van der Waals surface area contributed by atoms with Crippen molar-refractivity contribution < 1.29 is 47.7 Å². The van der Waals surface area contributed by atoms with Gasteiger partial charge in [-0.3, -0.25) is 24.0 Å². The third kappa shape index (κ3) is 7.93. The van der Waals surface area contributed by atoms with Gasteiger partial charge in [-0.05, 0) is 5.53 Å². The Balaban J connectivity index is 3.33. The summed E-state index contributed by atoms with van der Waals surface area (Å²) in [6.07, 6.45) is -5.42. The lowest BCUT2D eigenvalue weighted by atomic mass is 9.96. The van der Waals surface area contributed by atoms with Gasteiger partial charge in [-0.25, -0.2) is 0 Å². The van der Waals surface area contributed by atoms with Crippen LogP contribution in [0.5, 0.6) is 0 Å². The van der Waals surface area contributed by atoms with Crippen molar-refractivity contribution in [1.82, 2.24) is 5.32 Å². The maximum absolute atomic E-state index is 12.1. The second kappa shape index (κ2) is 11.6. The molecule has 0 aromatic rings. The van der Waals surface area contributed by atoms with Crippen LogP contribution >= 0.6 is 0 Å². The molecule has 0 aromatic heterocycles. The van der Waals surface area contributed by atoms with Crippen LogP contribution in [-0.4, -0.2) is 73.6 Å². The number of esters is 4. The van der Waals surface area contributed by atoms with Gasteiger partial charge in [0.15, 0.2) is 12.2 Å². The highest BCUT2D eigenvalue weighted by molar-refractivity contribution is 5.79. The Kier molecular flexibility index (Phi) is 9.52. The Labute approximate surface area is 170 Å². The monoisotopic (exact) mass is 430 g/mol. The molecule has 0 bridgehead atoms. The van der Waals surface area contributed by atoms with E-state index in [4.69, 9.17) is 29.2 Å². The van der Waals surface area contributed by atoms with Gasteiger partial charge in [0.25, 0.3) is 0 Å². The molecule has 30 heavy (non-hydrogen) atoms. The molecule has 0 saturated carbocycles. The van der Waals surface area contributed by atoms with E-state index in [-0.39, 0.29) is 0 Å². The molecule has 1 aliphatic heterocycles. The highest BCUT2D eigenvalue weighted by Crippen LogP contribution is 2.28. The normalized spacial score (nSPS) is 25.1. The fraction of sp³-hybridized carbons (Fsp3) is 0.688. The number of carbonyl (C=O) groups is 5. The van der Waals surface area contributed by atoms with Gasteiger partial charge in [0.1, 0.15) is 25.3 Å². The number of nitrogens with zero attached hydrogens (tertiary/aromatic N) is 3. The van der Waals surface area contributed by atoms with E-state index >= 15 is 0 Å². The lowest BCUT2D eigenvalue weighted by molar-refractivity contribution is -0.271. The van der Waals surface area contributed by atoms with Crippen LogP contribution in [-0.2, 0) is 47.7 Å². The molecule has 0 radical (unpaired) electrons. The summed E-state index contributed by atoms with van der Waals surface area (Å²) in [6, 6.07) is -1.34. The van der Waals surface area contributed by atoms with Crippen LogP contribution in [0.4, 0.5) is 0 Å². The Morgan fingerprint density at radius 2 is 1.50 bits per heavy atom. The van der Waals surface area contributed by atoms with E-state index < -0.39 is 73.6 Å². The molecule has 0 unspecified atom stereocenters. The molecular weight excluding hydrogens is 408 g/mol. The van der Waals surface area contributed by atoms with Crippen molar-refractivity contribution in [2.24, 2.45) is 5.11 Å². The molecule has 1 heterocycles. The van der Waals surface area contributed by atoms with Gasteiger partial charge < -0.3 is 29.0 Å². The predicted octanol–water partition coefficient (Wildman–Crippen LogP) is -0.504. The first-order valence-corrected chi connectivity index (χ1v) is 8.65. The standard InChI is InChI=1S/C16H22N4O10/c1-7(21)26-6-11-14(27-8(2)22)15(28-9(3)23)13(16(30-11)29-10(4)24)19-12(25)5-18-20-17/h11,13-16H,5-6H2,1-4H3,(H,19,25)/t11-,13-,14-,15-,16+/m1/s1. The molecule has 1 rings (SSSR count). The predicted molar refractivity (Wildman–Crippen MR) is 94.1 cm³/mol. The Hall–Kier alpha value is -3.38. The summed E-state index contributed by atoms with van der Waals surface area (Å²) in [5.41, 5.74) is 8.36. The van der Waals surface area contributed by atoms with Crippen LogP contribution in [0.2, 0.25) is 0 Å². The number of carbonyl (C=O) groups excluding carboxylic acids is 5. The zero-order chi connectivity index (χ0) is 22.8. The molecule has 0 spiro atoms. The van der Waals surface area contributed by atoms with Crippen LogP contribution in [0.15, 0.2) is 5.11 Å². The van der Waals surface area contributed by atoms with Crippen molar-refractivity contribution in [3.63, 3.8) is 0 Å². The van der Waals surface area contributed by atoms with Crippen molar-refractivity contribution in [2.45, 2.75) is 58.3 Å². The van der Waals surface area contributed by atoms with E-state index in [0.717, 1.165) is 27.7 Å². The number of nitrogens with one attached hydrogen (secondary N) is 1. The lowest BCUT2D eigenvalue weighted by Crippen LogP contribution is -2.67. The van der Waals surface area contributed by atoms with E-state index in [1.54, 1.807) is 0 Å². The molecular formula is C16H22N4O10. The van der Waals surface area contributed by atoms with Crippen LogP contribution in [0, 0.1) is 0 Å². The summed E-state index contributed by atoms with van der Waals surface area (Å²) in [7, 11) is 0. The smallest absolute Gasteiger partial charge is 0.305 e. The van der Waals surface area contributed by atoms with E-state index in [1.807, 2.05) is 0 Å². The summed E-state index contributed by atoms with van der Waals surface area (Å²) >= 11 is 0. The lowest BCUT2D eigenvalue weighted by Gasteiger charge is -2.44. The summed E-state index contributed by atoms with van der Waals surface area (Å²) in [6.45, 7) is 3.32. The van der Waals surface area contributed by atoms with Crippen LogP contribution in [0.3, 0.4) is 0 Å². The van der Waals surface area contributed by atoms with Crippen molar-refractivity contribution in [1.29, 1.82) is 0 Å². The zero-order valence-electron chi connectivity index (χ0n) is 16.7. The van der Waals surface area contributed by atoms with Gasteiger partial charge >= 0.3 is 23.9 Å². The van der Waals surface area contributed by atoms with Crippen LogP contribution < -0.4 is 5.32 Å².